The smallest absolute Gasteiger partial charge is 0.147 e. The standard InChI is InChI=1S/C21H23N3O/c1-15-12-17(25-2)7-8-18(15)16-6-9-19-20(13-16)23-21(14-22-19)24-10-4-3-5-11-24/h6-9,12-14H,3-5,10-11H2,1-2H3. The fourth-order valence-corrected chi connectivity index (χ4v) is 3.53. The van der Waals surface area contributed by atoms with E-state index in [1.165, 1.54) is 30.4 Å². The molecular weight excluding hydrogens is 310 g/mol. The highest BCUT2D eigenvalue weighted by Crippen LogP contribution is 2.29. The van der Waals surface area contributed by atoms with Crippen molar-refractivity contribution in [3.05, 3.63) is 48.2 Å². The van der Waals surface area contributed by atoms with Gasteiger partial charge in [0.05, 0.1) is 24.3 Å². The average Bonchev–Trinajstić information content (AvgIpc) is 2.67. The maximum absolute atomic E-state index is 5.31. The van der Waals surface area contributed by atoms with Gasteiger partial charge in [-0.25, -0.2) is 4.98 Å². The van der Waals surface area contributed by atoms with Crippen molar-refractivity contribution in [1.29, 1.82) is 0 Å². The van der Waals surface area contributed by atoms with Gasteiger partial charge in [0.15, 0.2) is 0 Å². The lowest BCUT2D eigenvalue weighted by Gasteiger charge is -2.27. The van der Waals surface area contributed by atoms with Gasteiger partial charge in [-0.2, -0.15) is 0 Å². The number of methoxy groups -OCH3 is 1. The fraction of sp³-hybridized carbons (Fsp3) is 0.333. The van der Waals surface area contributed by atoms with E-state index in [1.54, 1.807) is 7.11 Å². The van der Waals surface area contributed by atoms with E-state index in [9.17, 15) is 0 Å². The summed E-state index contributed by atoms with van der Waals surface area (Å²) in [4.78, 5) is 11.9. The minimum atomic E-state index is 0.884. The third kappa shape index (κ3) is 3.16. The largest absolute Gasteiger partial charge is 0.497 e. The van der Waals surface area contributed by atoms with Crippen LogP contribution >= 0.6 is 0 Å². The summed E-state index contributed by atoms with van der Waals surface area (Å²) in [7, 11) is 1.70. The second kappa shape index (κ2) is 6.71. The third-order valence-electron chi connectivity index (χ3n) is 4.95. The van der Waals surface area contributed by atoms with Crippen molar-refractivity contribution in [1.82, 2.24) is 9.97 Å². The molecule has 2 heterocycles. The lowest BCUT2D eigenvalue weighted by Crippen LogP contribution is -2.30. The van der Waals surface area contributed by atoms with Crippen molar-refractivity contribution in [2.45, 2.75) is 26.2 Å². The summed E-state index contributed by atoms with van der Waals surface area (Å²) in [6.45, 7) is 4.27. The highest BCUT2D eigenvalue weighted by Gasteiger charge is 2.13. The second-order valence-corrected chi connectivity index (χ2v) is 6.66. The summed E-state index contributed by atoms with van der Waals surface area (Å²) < 4.78 is 5.31. The maximum atomic E-state index is 5.31. The van der Waals surface area contributed by atoms with Gasteiger partial charge in [0.25, 0.3) is 0 Å². The normalized spacial score (nSPS) is 14.7. The van der Waals surface area contributed by atoms with E-state index in [0.29, 0.717) is 0 Å². The van der Waals surface area contributed by atoms with Crippen LogP contribution in [-0.4, -0.2) is 30.2 Å². The second-order valence-electron chi connectivity index (χ2n) is 6.66. The number of benzene rings is 2. The molecule has 1 saturated heterocycles. The van der Waals surface area contributed by atoms with Crippen molar-refractivity contribution in [2.24, 2.45) is 0 Å². The molecule has 0 saturated carbocycles. The van der Waals surface area contributed by atoms with Crippen LogP contribution in [0.2, 0.25) is 0 Å². The van der Waals surface area contributed by atoms with Crippen LogP contribution in [0.5, 0.6) is 5.75 Å². The number of aromatic nitrogens is 2. The molecule has 0 bridgehead atoms. The van der Waals surface area contributed by atoms with Crippen LogP contribution in [0.1, 0.15) is 24.8 Å². The number of fused-ring (bicyclic) bond motifs is 1. The van der Waals surface area contributed by atoms with Crippen molar-refractivity contribution in [3.8, 4) is 16.9 Å². The molecule has 1 aliphatic rings. The van der Waals surface area contributed by atoms with Crippen LogP contribution in [-0.2, 0) is 0 Å². The van der Waals surface area contributed by atoms with E-state index >= 15 is 0 Å². The first-order chi connectivity index (χ1) is 12.2. The predicted molar refractivity (Wildman–Crippen MR) is 102 cm³/mol. The first-order valence-corrected chi connectivity index (χ1v) is 8.91. The summed E-state index contributed by atoms with van der Waals surface area (Å²) >= 11 is 0. The molecule has 2 aromatic carbocycles. The van der Waals surface area contributed by atoms with E-state index in [-0.39, 0.29) is 0 Å². The first kappa shape index (κ1) is 15.9. The van der Waals surface area contributed by atoms with Gasteiger partial charge in [-0.05, 0) is 67.1 Å². The molecule has 0 unspecified atom stereocenters. The van der Waals surface area contributed by atoms with Crippen LogP contribution in [0.15, 0.2) is 42.6 Å². The van der Waals surface area contributed by atoms with Gasteiger partial charge in [0.1, 0.15) is 11.6 Å². The molecule has 0 atom stereocenters. The van der Waals surface area contributed by atoms with Gasteiger partial charge in [0, 0.05) is 13.1 Å². The first-order valence-electron chi connectivity index (χ1n) is 8.91. The Morgan fingerprint density at radius 3 is 2.56 bits per heavy atom. The molecule has 4 nitrogen and oxygen atoms in total. The highest BCUT2D eigenvalue weighted by atomic mass is 16.5. The molecule has 4 heteroatoms. The summed E-state index contributed by atoms with van der Waals surface area (Å²) in [6.07, 6.45) is 5.71. The number of hydrogen-bond donors (Lipinski definition) is 0. The van der Waals surface area contributed by atoms with Crippen LogP contribution in [0.25, 0.3) is 22.2 Å². The zero-order valence-electron chi connectivity index (χ0n) is 14.8. The van der Waals surface area contributed by atoms with Crippen molar-refractivity contribution in [2.75, 3.05) is 25.1 Å². The predicted octanol–water partition coefficient (Wildman–Crippen LogP) is 4.60. The lowest BCUT2D eigenvalue weighted by molar-refractivity contribution is 0.414. The third-order valence-corrected chi connectivity index (χ3v) is 4.95. The minimum Gasteiger partial charge on any atom is -0.497 e. The Morgan fingerprint density at radius 1 is 0.960 bits per heavy atom. The molecule has 0 aliphatic carbocycles. The lowest BCUT2D eigenvalue weighted by atomic mass is 10.00. The highest BCUT2D eigenvalue weighted by molar-refractivity contribution is 5.83. The van der Waals surface area contributed by atoms with E-state index in [1.807, 2.05) is 12.3 Å². The van der Waals surface area contributed by atoms with Crippen LogP contribution < -0.4 is 9.64 Å². The number of nitrogens with zero attached hydrogens (tertiary/aromatic N) is 3. The van der Waals surface area contributed by atoms with E-state index in [0.717, 1.165) is 41.3 Å². The summed E-state index contributed by atoms with van der Waals surface area (Å²) in [5, 5.41) is 0. The molecule has 0 N–H and O–H groups in total. The van der Waals surface area contributed by atoms with E-state index in [4.69, 9.17) is 9.72 Å². The molecule has 1 fully saturated rings. The number of hydrogen-bond acceptors (Lipinski definition) is 4. The Labute approximate surface area is 148 Å². The molecule has 25 heavy (non-hydrogen) atoms. The molecule has 0 radical (unpaired) electrons. The summed E-state index contributed by atoms with van der Waals surface area (Å²) in [6, 6.07) is 12.5. The zero-order chi connectivity index (χ0) is 17.2. The van der Waals surface area contributed by atoms with Gasteiger partial charge in [-0.1, -0.05) is 12.1 Å². The number of anilines is 1. The Balaban J connectivity index is 1.73. The van der Waals surface area contributed by atoms with Gasteiger partial charge in [0.2, 0.25) is 0 Å². The molecule has 1 aromatic heterocycles. The van der Waals surface area contributed by atoms with Crippen LogP contribution in [0, 0.1) is 6.92 Å². The van der Waals surface area contributed by atoms with Gasteiger partial charge in [-0.3, -0.25) is 4.98 Å². The number of ether oxygens (including phenoxy) is 1. The van der Waals surface area contributed by atoms with Gasteiger partial charge >= 0.3 is 0 Å². The Morgan fingerprint density at radius 2 is 1.80 bits per heavy atom. The van der Waals surface area contributed by atoms with Crippen LogP contribution in [0.3, 0.4) is 0 Å². The molecule has 0 amide bonds. The van der Waals surface area contributed by atoms with Crippen molar-refractivity contribution in [3.63, 3.8) is 0 Å². The number of rotatable bonds is 3. The molecule has 128 valence electrons. The van der Waals surface area contributed by atoms with Gasteiger partial charge < -0.3 is 9.64 Å². The monoisotopic (exact) mass is 333 g/mol. The van der Waals surface area contributed by atoms with Crippen molar-refractivity contribution < 1.29 is 4.74 Å². The average molecular weight is 333 g/mol. The molecule has 0 spiro atoms. The molecular formula is C21H23N3O. The Kier molecular flexibility index (Phi) is 4.26. The van der Waals surface area contributed by atoms with Gasteiger partial charge in [-0.15, -0.1) is 0 Å². The zero-order valence-corrected chi connectivity index (χ0v) is 14.8. The minimum absolute atomic E-state index is 0.884. The Bertz CT molecular complexity index is 901. The summed E-state index contributed by atoms with van der Waals surface area (Å²) in [5.74, 6) is 1.88. The topological polar surface area (TPSA) is 38.2 Å². The molecule has 1 aliphatic heterocycles. The summed E-state index contributed by atoms with van der Waals surface area (Å²) in [5.41, 5.74) is 5.45. The fourth-order valence-electron chi connectivity index (χ4n) is 3.53. The van der Waals surface area contributed by atoms with Crippen molar-refractivity contribution >= 4 is 16.9 Å². The Hall–Kier alpha value is -2.62. The number of aryl methyl sites for hydroxylation is 1. The quantitative estimate of drug-likeness (QED) is 0.702. The van der Waals surface area contributed by atoms with E-state index < -0.39 is 0 Å². The maximum Gasteiger partial charge on any atom is 0.147 e. The van der Waals surface area contributed by atoms with Crippen LogP contribution in [0.4, 0.5) is 5.82 Å². The van der Waals surface area contributed by atoms with E-state index in [2.05, 4.69) is 47.1 Å². The SMILES string of the molecule is COc1ccc(-c2ccc3ncc(N4CCCCC4)nc3c2)c(C)c1. The molecule has 3 aromatic rings. The number of piperidine rings is 1. The molecule has 4 rings (SSSR count).